The zero-order chi connectivity index (χ0) is 17.9. The molecule has 8 saturated carbocycles. The van der Waals surface area contributed by atoms with Gasteiger partial charge in [-0.25, -0.2) is 0 Å². The standard InChI is InChI=1S/C22H30O4/c23-17(24)19-4-16-5-20(10-19,18(25)26)12-22(9-16,11-19)21-6-13-1-14(7-21)3-15(2-13)8-21/h13-16H,1-12H2,(H,23,24)(H,25,26). The molecule has 2 N–H and O–H groups in total. The lowest BCUT2D eigenvalue weighted by Gasteiger charge is -2.73. The van der Waals surface area contributed by atoms with Crippen molar-refractivity contribution in [2.24, 2.45) is 45.3 Å². The normalized spacial score (nSPS) is 58.9. The van der Waals surface area contributed by atoms with Crippen LogP contribution in [0.25, 0.3) is 0 Å². The van der Waals surface area contributed by atoms with Gasteiger partial charge in [0.2, 0.25) is 0 Å². The van der Waals surface area contributed by atoms with E-state index in [0.29, 0.717) is 12.3 Å². The average molecular weight is 358 g/mol. The Balaban J connectivity index is 1.49. The van der Waals surface area contributed by atoms with Gasteiger partial charge in [0.15, 0.2) is 0 Å². The lowest BCUT2D eigenvalue weighted by molar-refractivity contribution is -0.248. The first-order chi connectivity index (χ1) is 12.3. The van der Waals surface area contributed by atoms with Crippen molar-refractivity contribution in [1.29, 1.82) is 0 Å². The van der Waals surface area contributed by atoms with E-state index in [0.717, 1.165) is 49.9 Å². The monoisotopic (exact) mass is 358 g/mol. The highest BCUT2D eigenvalue weighted by Crippen LogP contribution is 2.79. The van der Waals surface area contributed by atoms with Crippen LogP contribution in [0.15, 0.2) is 0 Å². The summed E-state index contributed by atoms with van der Waals surface area (Å²) in [6, 6.07) is 0. The fraction of sp³-hybridized carbons (Fsp3) is 0.909. The van der Waals surface area contributed by atoms with Gasteiger partial charge in [0.1, 0.15) is 0 Å². The highest BCUT2D eigenvalue weighted by atomic mass is 16.4. The average Bonchev–Trinajstić information content (AvgIpc) is 2.52. The summed E-state index contributed by atoms with van der Waals surface area (Å²) in [6.07, 6.45) is 12.4. The third-order valence-electron chi connectivity index (χ3n) is 10.1. The second-order valence-electron chi connectivity index (χ2n) is 11.7. The molecule has 0 aromatic rings. The van der Waals surface area contributed by atoms with Crippen LogP contribution in [0.4, 0.5) is 0 Å². The Morgan fingerprint density at radius 3 is 1.42 bits per heavy atom. The minimum atomic E-state index is -0.763. The van der Waals surface area contributed by atoms with Gasteiger partial charge in [-0.1, -0.05) is 0 Å². The highest BCUT2D eigenvalue weighted by Gasteiger charge is 2.73. The van der Waals surface area contributed by atoms with E-state index in [1.54, 1.807) is 0 Å². The van der Waals surface area contributed by atoms with Crippen LogP contribution in [0.2, 0.25) is 0 Å². The van der Waals surface area contributed by atoms with Crippen LogP contribution < -0.4 is 0 Å². The Morgan fingerprint density at radius 1 is 0.577 bits per heavy atom. The Hall–Kier alpha value is -1.06. The molecule has 8 fully saturated rings. The van der Waals surface area contributed by atoms with Gasteiger partial charge in [0.25, 0.3) is 0 Å². The minimum Gasteiger partial charge on any atom is -0.481 e. The van der Waals surface area contributed by atoms with E-state index in [2.05, 4.69) is 0 Å². The van der Waals surface area contributed by atoms with Gasteiger partial charge in [-0.2, -0.15) is 0 Å². The van der Waals surface area contributed by atoms with Crippen LogP contribution in [-0.2, 0) is 9.59 Å². The molecule has 2 atom stereocenters. The van der Waals surface area contributed by atoms with Gasteiger partial charge >= 0.3 is 11.9 Å². The first kappa shape index (κ1) is 15.9. The predicted molar refractivity (Wildman–Crippen MR) is 94.4 cm³/mol. The summed E-state index contributed by atoms with van der Waals surface area (Å²) in [5.74, 6) is 1.39. The van der Waals surface area contributed by atoms with Gasteiger partial charge in [0, 0.05) is 0 Å². The highest BCUT2D eigenvalue weighted by molar-refractivity contribution is 5.81. The maximum absolute atomic E-state index is 12.4. The van der Waals surface area contributed by atoms with E-state index in [9.17, 15) is 19.8 Å². The Kier molecular flexibility index (Phi) is 2.76. The van der Waals surface area contributed by atoms with Crippen LogP contribution >= 0.6 is 0 Å². The number of carbonyl (C=O) groups is 2. The van der Waals surface area contributed by atoms with Crippen molar-refractivity contribution in [3.05, 3.63) is 0 Å². The molecule has 0 aromatic heterocycles. The van der Waals surface area contributed by atoms with Crippen molar-refractivity contribution in [3.8, 4) is 0 Å². The number of aliphatic carboxylic acids is 2. The molecule has 0 heterocycles. The number of hydrogen-bond acceptors (Lipinski definition) is 2. The van der Waals surface area contributed by atoms with Crippen LogP contribution in [0.3, 0.4) is 0 Å². The molecule has 0 saturated heterocycles. The van der Waals surface area contributed by atoms with Crippen LogP contribution in [0, 0.1) is 45.3 Å². The van der Waals surface area contributed by atoms with E-state index in [1.807, 2.05) is 0 Å². The van der Waals surface area contributed by atoms with Crippen molar-refractivity contribution in [2.45, 2.75) is 77.0 Å². The molecular weight excluding hydrogens is 328 g/mol. The van der Waals surface area contributed by atoms with E-state index in [4.69, 9.17) is 0 Å². The summed E-state index contributed by atoms with van der Waals surface area (Å²) in [6.45, 7) is 0. The van der Waals surface area contributed by atoms with Gasteiger partial charge in [-0.15, -0.1) is 0 Å². The van der Waals surface area contributed by atoms with Gasteiger partial charge < -0.3 is 10.2 Å². The lowest BCUT2D eigenvalue weighted by Crippen LogP contribution is -2.67. The van der Waals surface area contributed by atoms with Crippen LogP contribution in [0.1, 0.15) is 77.0 Å². The van der Waals surface area contributed by atoms with Gasteiger partial charge in [-0.3, -0.25) is 9.59 Å². The van der Waals surface area contributed by atoms with Crippen molar-refractivity contribution < 1.29 is 19.8 Å². The summed E-state index contributed by atoms with van der Waals surface area (Å²) in [5.41, 5.74) is -1.29. The molecule has 0 aliphatic heterocycles. The van der Waals surface area contributed by atoms with Crippen molar-refractivity contribution >= 4 is 11.9 Å². The molecule has 0 aromatic carbocycles. The first-order valence-corrected chi connectivity index (χ1v) is 10.7. The molecule has 0 radical (unpaired) electrons. The van der Waals surface area contributed by atoms with Gasteiger partial charge in [0.05, 0.1) is 10.8 Å². The fourth-order valence-corrected chi connectivity index (χ4v) is 10.3. The molecule has 8 rings (SSSR count). The van der Waals surface area contributed by atoms with E-state index < -0.39 is 22.8 Å². The first-order valence-electron chi connectivity index (χ1n) is 10.7. The number of carboxylic acid groups (broad SMARTS) is 2. The Morgan fingerprint density at radius 2 is 1.00 bits per heavy atom. The zero-order valence-corrected chi connectivity index (χ0v) is 15.5. The smallest absolute Gasteiger partial charge is 0.309 e. The molecule has 2 unspecified atom stereocenters. The Labute approximate surface area is 154 Å². The third-order valence-corrected chi connectivity index (χ3v) is 10.1. The molecule has 8 aliphatic carbocycles. The quantitative estimate of drug-likeness (QED) is 0.787. The SMILES string of the molecule is O=C(O)C12CC3CC(C(=O)O)(C1)CC(C14CC5CC(CC(C5)C1)C4)(C3)C2. The number of hydrogen-bond donors (Lipinski definition) is 2. The fourth-order valence-electron chi connectivity index (χ4n) is 10.3. The zero-order valence-electron chi connectivity index (χ0n) is 15.5. The third kappa shape index (κ3) is 1.73. The summed E-state index contributed by atoms with van der Waals surface area (Å²) < 4.78 is 0. The molecule has 0 amide bonds. The second kappa shape index (κ2) is 4.50. The number of carboxylic acids is 2. The van der Waals surface area contributed by atoms with Crippen LogP contribution in [-0.4, -0.2) is 22.2 Å². The maximum atomic E-state index is 12.4. The largest absolute Gasteiger partial charge is 0.481 e. The summed E-state index contributed by atoms with van der Waals surface area (Å²) in [4.78, 5) is 24.8. The van der Waals surface area contributed by atoms with E-state index in [1.165, 1.54) is 38.5 Å². The lowest BCUT2D eigenvalue weighted by atomic mass is 9.30. The Bertz CT molecular complexity index is 644. The molecule has 8 aliphatic rings. The summed E-state index contributed by atoms with van der Waals surface area (Å²) in [5, 5.41) is 20.4. The minimum absolute atomic E-state index is 0.0147. The van der Waals surface area contributed by atoms with Gasteiger partial charge in [-0.05, 0) is 112 Å². The van der Waals surface area contributed by atoms with Crippen molar-refractivity contribution in [2.75, 3.05) is 0 Å². The van der Waals surface area contributed by atoms with Crippen LogP contribution in [0.5, 0.6) is 0 Å². The number of rotatable bonds is 3. The molecule has 8 bridgehead atoms. The van der Waals surface area contributed by atoms with Crippen molar-refractivity contribution in [1.82, 2.24) is 0 Å². The molecule has 26 heavy (non-hydrogen) atoms. The van der Waals surface area contributed by atoms with E-state index in [-0.39, 0.29) is 10.8 Å². The van der Waals surface area contributed by atoms with Crippen molar-refractivity contribution in [3.63, 3.8) is 0 Å². The molecular formula is C22H30O4. The molecule has 142 valence electrons. The molecule has 0 spiro atoms. The summed E-state index contributed by atoms with van der Waals surface area (Å²) in [7, 11) is 0. The molecule has 4 nitrogen and oxygen atoms in total. The summed E-state index contributed by atoms with van der Waals surface area (Å²) >= 11 is 0. The maximum Gasteiger partial charge on any atom is 0.309 e. The topological polar surface area (TPSA) is 74.6 Å². The molecule has 4 heteroatoms. The predicted octanol–water partition coefficient (Wildman–Crippen LogP) is 4.33. The van der Waals surface area contributed by atoms with E-state index >= 15 is 0 Å². The second-order valence-corrected chi connectivity index (χ2v) is 11.7.